The minimum absolute atomic E-state index is 0.429. The minimum Gasteiger partial charge on any atom is -0.326 e. The van der Waals surface area contributed by atoms with Gasteiger partial charge in [-0.3, -0.25) is 0 Å². The van der Waals surface area contributed by atoms with Gasteiger partial charge in [-0.15, -0.1) is 0 Å². The summed E-state index contributed by atoms with van der Waals surface area (Å²) in [7, 11) is 0. The molecule has 2 aliphatic rings. The molecule has 1 saturated carbocycles. The zero-order valence-electron chi connectivity index (χ0n) is 11.0. The molecule has 0 radical (unpaired) electrons. The lowest BCUT2D eigenvalue weighted by Crippen LogP contribution is -2.42. The highest BCUT2D eigenvalue weighted by atomic mass is 15.2. The van der Waals surface area contributed by atoms with Gasteiger partial charge in [0, 0.05) is 25.7 Å². The highest BCUT2D eigenvalue weighted by Crippen LogP contribution is 2.28. The van der Waals surface area contributed by atoms with E-state index in [1.807, 2.05) is 0 Å². The van der Waals surface area contributed by atoms with Crippen LogP contribution in [0.15, 0.2) is 0 Å². The Bertz CT molecular complexity index is 201. The molecule has 3 atom stereocenters. The molecule has 94 valence electrons. The van der Waals surface area contributed by atoms with Crippen LogP contribution in [0, 0.1) is 17.8 Å². The summed E-state index contributed by atoms with van der Waals surface area (Å²) in [5, 5.41) is 0. The van der Waals surface area contributed by atoms with Crippen LogP contribution in [0.3, 0.4) is 0 Å². The summed E-state index contributed by atoms with van der Waals surface area (Å²) in [6.07, 6.45) is 7.00. The van der Waals surface area contributed by atoms with Gasteiger partial charge in [0.25, 0.3) is 0 Å². The molecule has 2 fully saturated rings. The Hall–Kier alpha value is -0.0800. The van der Waals surface area contributed by atoms with Crippen LogP contribution < -0.4 is 5.73 Å². The van der Waals surface area contributed by atoms with Crippen LogP contribution >= 0.6 is 0 Å². The van der Waals surface area contributed by atoms with Crippen LogP contribution in [-0.2, 0) is 0 Å². The van der Waals surface area contributed by atoms with Gasteiger partial charge in [0.05, 0.1) is 0 Å². The lowest BCUT2D eigenvalue weighted by molar-refractivity contribution is 0.228. The molecule has 3 unspecified atom stereocenters. The predicted molar refractivity (Wildman–Crippen MR) is 69.3 cm³/mol. The average Bonchev–Trinajstić information content (AvgIpc) is 2.59. The van der Waals surface area contributed by atoms with E-state index in [1.54, 1.807) is 0 Å². The van der Waals surface area contributed by atoms with Crippen molar-refractivity contribution < 1.29 is 0 Å². The molecular formula is C14H28N2. The van der Waals surface area contributed by atoms with E-state index in [4.69, 9.17) is 5.73 Å². The van der Waals surface area contributed by atoms with Gasteiger partial charge in [-0.2, -0.15) is 0 Å². The maximum Gasteiger partial charge on any atom is 0.0196 e. The van der Waals surface area contributed by atoms with E-state index in [2.05, 4.69) is 18.7 Å². The molecule has 0 aromatic heterocycles. The summed E-state index contributed by atoms with van der Waals surface area (Å²) in [5.74, 6) is 2.53. The predicted octanol–water partition coefficient (Wildman–Crippen LogP) is 2.48. The molecule has 1 saturated heterocycles. The fourth-order valence-corrected chi connectivity index (χ4v) is 3.41. The molecule has 0 aromatic carbocycles. The van der Waals surface area contributed by atoms with Crippen LogP contribution in [-0.4, -0.2) is 30.6 Å². The van der Waals surface area contributed by atoms with Crippen LogP contribution in [0.2, 0.25) is 0 Å². The molecule has 16 heavy (non-hydrogen) atoms. The first-order valence-corrected chi connectivity index (χ1v) is 7.14. The van der Waals surface area contributed by atoms with E-state index in [9.17, 15) is 0 Å². The Morgan fingerprint density at radius 3 is 2.19 bits per heavy atom. The zero-order valence-corrected chi connectivity index (χ0v) is 11.0. The van der Waals surface area contributed by atoms with E-state index in [0.717, 1.165) is 24.3 Å². The summed E-state index contributed by atoms with van der Waals surface area (Å²) in [6, 6.07) is 0.429. The Morgan fingerprint density at radius 2 is 1.62 bits per heavy atom. The largest absolute Gasteiger partial charge is 0.326 e. The minimum atomic E-state index is 0.429. The van der Waals surface area contributed by atoms with Gasteiger partial charge < -0.3 is 10.6 Å². The summed E-state index contributed by atoms with van der Waals surface area (Å²) in [6.45, 7) is 8.41. The van der Waals surface area contributed by atoms with Crippen molar-refractivity contribution in [3.63, 3.8) is 0 Å². The third-order valence-electron chi connectivity index (χ3n) is 4.79. The van der Waals surface area contributed by atoms with E-state index >= 15 is 0 Å². The highest BCUT2D eigenvalue weighted by molar-refractivity contribution is 4.84. The van der Waals surface area contributed by atoms with Crippen molar-refractivity contribution in [1.82, 2.24) is 4.90 Å². The van der Waals surface area contributed by atoms with E-state index < -0.39 is 0 Å². The number of rotatable bonds is 3. The van der Waals surface area contributed by atoms with Gasteiger partial charge in [-0.25, -0.2) is 0 Å². The monoisotopic (exact) mass is 224 g/mol. The van der Waals surface area contributed by atoms with Gasteiger partial charge >= 0.3 is 0 Å². The lowest BCUT2D eigenvalue weighted by atomic mass is 9.84. The molecule has 1 aliphatic heterocycles. The quantitative estimate of drug-likeness (QED) is 0.798. The Morgan fingerprint density at radius 1 is 1.06 bits per heavy atom. The Labute approximate surface area is 101 Å². The molecule has 2 N–H and O–H groups in total. The Balaban J connectivity index is 1.76. The number of hydrogen-bond donors (Lipinski definition) is 1. The van der Waals surface area contributed by atoms with Crippen molar-refractivity contribution >= 4 is 0 Å². The van der Waals surface area contributed by atoms with Crippen molar-refractivity contribution in [2.24, 2.45) is 23.5 Å². The lowest BCUT2D eigenvalue weighted by Gasteiger charge is -2.30. The first-order valence-electron chi connectivity index (χ1n) is 7.14. The molecular weight excluding hydrogens is 196 g/mol. The zero-order chi connectivity index (χ0) is 11.5. The second kappa shape index (κ2) is 5.50. The molecule has 0 aromatic rings. The fraction of sp³-hybridized carbons (Fsp3) is 1.00. The van der Waals surface area contributed by atoms with Gasteiger partial charge in [0.2, 0.25) is 0 Å². The van der Waals surface area contributed by atoms with Gasteiger partial charge in [-0.05, 0) is 30.6 Å². The van der Waals surface area contributed by atoms with Crippen molar-refractivity contribution in [1.29, 1.82) is 0 Å². The van der Waals surface area contributed by atoms with Crippen molar-refractivity contribution in [2.45, 2.75) is 52.0 Å². The number of likely N-dealkylation sites (tertiary alicyclic amines) is 1. The number of hydrogen-bond acceptors (Lipinski definition) is 2. The SMILES string of the molecule is CC1CN(CC(N)C2CCCCC2)CC1C. The summed E-state index contributed by atoms with van der Waals surface area (Å²) in [5.41, 5.74) is 6.38. The first-order chi connectivity index (χ1) is 7.66. The third kappa shape index (κ3) is 2.98. The summed E-state index contributed by atoms with van der Waals surface area (Å²) < 4.78 is 0. The van der Waals surface area contributed by atoms with E-state index in [-0.39, 0.29) is 0 Å². The summed E-state index contributed by atoms with van der Waals surface area (Å²) in [4.78, 5) is 2.59. The van der Waals surface area contributed by atoms with Gasteiger partial charge in [-0.1, -0.05) is 33.1 Å². The topological polar surface area (TPSA) is 29.3 Å². The van der Waals surface area contributed by atoms with Crippen molar-refractivity contribution in [2.75, 3.05) is 19.6 Å². The maximum absolute atomic E-state index is 6.38. The van der Waals surface area contributed by atoms with Gasteiger partial charge in [0.15, 0.2) is 0 Å². The van der Waals surface area contributed by atoms with Crippen LogP contribution in [0.25, 0.3) is 0 Å². The number of nitrogens with zero attached hydrogens (tertiary/aromatic N) is 1. The molecule has 2 nitrogen and oxygen atoms in total. The Kier molecular flexibility index (Phi) is 4.26. The third-order valence-corrected chi connectivity index (χ3v) is 4.79. The number of nitrogens with two attached hydrogens (primary N) is 1. The molecule has 0 spiro atoms. The second-order valence-corrected chi connectivity index (χ2v) is 6.24. The second-order valence-electron chi connectivity index (χ2n) is 6.24. The maximum atomic E-state index is 6.38. The van der Waals surface area contributed by atoms with Crippen molar-refractivity contribution in [3.8, 4) is 0 Å². The average molecular weight is 224 g/mol. The van der Waals surface area contributed by atoms with Crippen molar-refractivity contribution in [3.05, 3.63) is 0 Å². The first kappa shape index (κ1) is 12.4. The molecule has 2 rings (SSSR count). The molecule has 1 heterocycles. The molecule has 0 bridgehead atoms. The summed E-state index contributed by atoms with van der Waals surface area (Å²) >= 11 is 0. The van der Waals surface area contributed by atoms with E-state index in [0.29, 0.717) is 6.04 Å². The van der Waals surface area contributed by atoms with Crippen LogP contribution in [0.5, 0.6) is 0 Å². The smallest absolute Gasteiger partial charge is 0.0196 e. The molecule has 1 aliphatic carbocycles. The molecule has 2 heteroatoms. The highest BCUT2D eigenvalue weighted by Gasteiger charge is 2.29. The fourth-order valence-electron chi connectivity index (χ4n) is 3.41. The van der Waals surface area contributed by atoms with Gasteiger partial charge in [0.1, 0.15) is 0 Å². The van der Waals surface area contributed by atoms with E-state index in [1.165, 1.54) is 45.2 Å². The van der Waals surface area contributed by atoms with Crippen LogP contribution in [0.1, 0.15) is 46.0 Å². The normalized spacial score (nSPS) is 35.4. The van der Waals surface area contributed by atoms with Crippen LogP contribution in [0.4, 0.5) is 0 Å². The standard InChI is InChI=1S/C14H28N2/c1-11-8-16(9-12(11)2)10-14(15)13-6-4-3-5-7-13/h11-14H,3-10,15H2,1-2H3. The molecule has 0 amide bonds.